The van der Waals surface area contributed by atoms with Crippen LogP contribution in [0.25, 0.3) is 0 Å². The van der Waals surface area contributed by atoms with Crippen LogP contribution in [0.3, 0.4) is 0 Å². The largest absolute Gasteiger partial charge is 0.465 e. The Morgan fingerprint density at radius 3 is 2.56 bits per heavy atom. The summed E-state index contributed by atoms with van der Waals surface area (Å²) in [5.74, 6) is -0.249. The standard InChI is InChI=1S/C18H22N4O3/c1-4-5-12-22(2)16-11-10-15(20-21-16)17(23)19-14-9-7-6-8-13(14)18(24)25-3/h6-11H,4-5,12H2,1-3H3,(H,19,23). The van der Waals surface area contributed by atoms with Crippen LogP contribution < -0.4 is 10.2 Å². The van der Waals surface area contributed by atoms with E-state index in [1.54, 1.807) is 36.4 Å². The molecule has 0 atom stereocenters. The fourth-order valence-electron chi connectivity index (χ4n) is 2.23. The number of benzene rings is 1. The Labute approximate surface area is 147 Å². The second-order valence-electron chi connectivity index (χ2n) is 5.54. The average Bonchev–Trinajstić information content (AvgIpc) is 2.66. The maximum Gasteiger partial charge on any atom is 0.339 e. The molecule has 0 spiro atoms. The van der Waals surface area contributed by atoms with Gasteiger partial charge in [0.2, 0.25) is 0 Å². The molecule has 1 N–H and O–H groups in total. The highest BCUT2D eigenvalue weighted by Crippen LogP contribution is 2.17. The summed E-state index contributed by atoms with van der Waals surface area (Å²) in [5.41, 5.74) is 0.819. The molecule has 7 heteroatoms. The highest BCUT2D eigenvalue weighted by molar-refractivity contribution is 6.07. The third-order valence-electron chi connectivity index (χ3n) is 3.70. The number of anilines is 2. The molecule has 0 aliphatic carbocycles. The highest BCUT2D eigenvalue weighted by atomic mass is 16.5. The average molecular weight is 342 g/mol. The van der Waals surface area contributed by atoms with Crippen molar-refractivity contribution in [2.45, 2.75) is 19.8 Å². The van der Waals surface area contributed by atoms with Gasteiger partial charge in [0, 0.05) is 13.6 Å². The molecule has 2 rings (SSSR count). The first kappa shape index (κ1) is 18.4. The van der Waals surface area contributed by atoms with Crippen LogP contribution in [0.5, 0.6) is 0 Å². The van der Waals surface area contributed by atoms with Crippen LogP contribution >= 0.6 is 0 Å². The summed E-state index contributed by atoms with van der Waals surface area (Å²) in [6.45, 7) is 3.00. The molecule has 132 valence electrons. The Balaban J connectivity index is 2.10. The van der Waals surface area contributed by atoms with E-state index in [4.69, 9.17) is 4.74 Å². The summed E-state index contributed by atoms with van der Waals surface area (Å²) in [6.07, 6.45) is 2.16. The number of carbonyl (C=O) groups is 2. The van der Waals surface area contributed by atoms with Crippen LogP contribution in [-0.2, 0) is 4.74 Å². The number of rotatable bonds is 7. The Morgan fingerprint density at radius 2 is 1.92 bits per heavy atom. The topological polar surface area (TPSA) is 84.4 Å². The van der Waals surface area contributed by atoms with Crippen LogP contribution in [0.15, 0.2) is 36.4 Å². The summed E-state index contributed by atoms with van der Waals surface area (Å²) in [5, 5.41) is 10.7. The van der Waals surface area contributed by atoms with Gasteiger partial charge in [0.15, 0.2) is 11.5 Å². The smallest absolute Gasteiger partial charge is 0.339 e. The van der Waals surface area contributed by atoms with E-state index in [-0.39, 0.29) is 11.3 Å². The zero-order valence-corrected chi connectivity index (χ0v) is 14.7. The van der Waals surface area contributed by atoms with Gasteiger partial charge >= 0.3 is 5.97 Å². The van der Waals surface area contributed by atoms with Gasteiger partial charge < -0.3 is 15.0 Å². The molecule has 0 saturated carbocycles. The number of hydrogen-bond donors (Lipinski definition) is 1. The molecular weight excluding hydrogens is 320 g/mol. The predicted molar refractivity (Wildman–Crippen MR) is 95.9 cm³/mol. The zero-order valence-electron chi connectivity index (χ0n) is 14.7. The molecule has 1 aromatic carbocycles. The normalized spacial score (nSPS) is 10.2. The number of methoxy groups -OCH3 is 1. The molecule has 0 radical (unpaired) electrons. The number of aromatic nitrogens is 2. The fraction of sp³-hybridized carbons (Fsp3) is 0.333. The maximum absolute atomic E-state index is 12.4. The van der Waals surface area contributed by atoms with Crippen molar-refractivity contribution in [3.05, 3.63) is 47.7 Å². The molecule has 25 heavy (non-hydrogen) atoms. The first-order chi connectivity index (χ1) is 12.1. The van der Waals surface area contributed by atoms with Gasteiger partial charge in [0.25, 0.3) is 5.91 Å². The van der Waals surface area contributed by atoms with Crippen molar-refractivity contribution in [3.63, 3.8) is 0 Å². The number of esters is 1. The highest BCUT2D eigenvalue weighted by Gasteiger charge is 2.15. The van der Waals surface area contributed by atoms with Gasteiger partial charge in [-0.1, -0.05) is 25.5 Å². The van der Waals surface area contributed by atoms with Gasteiger partial charge in [-0.05, 0) is 30.7 Å². The molecule has 1 amide bonds. The monoisotopic (exact) mass is 342 g/mol. The Morgan fingerprint density at radius 1 is 1.16 bits per heavy atom. The quantitative estimate of drug-likeness (QED) is 0.779. The van der Waals surface area contributed by atoms with E-state index in [1.807, 2.05) is 11.9 Å². The lowest BCUT2D eigenvalue weighted by molar-refractivity contribution is 0.0602. The molecule has 0 saturated heterocycles. The van der Waals surface area contributed by atoms with Crippen LogP contribution in [0, 0.1) is 0 Å². The summed E-state index contributed by atoms with van der Waals surface area (Å²) < 4.78 is 4.71. The molecule has 1 heterocycles. The lowest BCUT2D eigenvalue weighted by Crippen LogP contribution is -2.21. The summed E-state index contributed by atoms with van der Waals surface area (Å²) in [4.78, 5) is 26.1. The van der Waals surface area contributed by atoms with Crippen molar-refractivity contribution < 1.29 is 14.3 Å². The van der Waals surface area contributed by atoms with Gasteiger partial charge in [-0.3, -0.25) is 4.79 Å². The van der Waals surface area contributed by atoms with Crippen molar-refractivity contribution in [2.75, 3.05) is 30.9 Å². The van der Waals surface area contributed by atoms with E-state index in [0.29, 0.717) is 11.5 Å². The minimum absolute atomic E-state index is 0.173. The second-order valence-corrected chi connectivity index (χ2v) is 5.54. The minimum Gasteiger partial charge on any atom is -0.465 e. The number of nitrogens with one attached hydrogen (secondary N) is 1. The Bertz CT molecular complexity index is 731. The first-order valence-corrected chi connectivity index (χ1v) is 8.10. The van der Waals surface area contributed by atoms with Gasteiger partial charge in [-0.15, -0.1) is 10.2 Å². The van der Waals surface area contributed by atoms with Crippen LogP contribution in [0.2, 0.25) is 0 Å². The molecule has 0 unspecified atom stereocenters. The number of para-hydroxylation sites is 1. The molecule has 0 fully saturated rings. The summed E-state index contributed by atoms with van der Waals surface area (Å²) in [7, 11) is 3.23. The lowest BCUT2D eigenvalue weighted by Gasteiger charge is -2.16. The van der Waals surface area contributed by atoms with Crippen LogP contribution in [-0.4, -0.2) is 42.8 Å². The molecule has 1 aromatic heterocycles. The molecular formula is C18H22N4O3. The lowest BCUT2D eigenvalue weighted by atomic mass is 10.1. The maximum atomic E-state index is 12.4. The van der Waals surface area contributed by atoms with Crippen molar-refractivity contribution in [1.29, 1.82) is 0 Å². The Hall–Kier alpha value is -2.96. The zero-order chi connectivity index (χ0) is 18.2. The van der Waals surface area contributed by atoms with Crippen molar-refractivity contribution in [2.24, 2.45) is 0 Å². The third-order valence-corrected chi connectivity index (χ3v) is 3.70. The van der Waals surface area contributed by atoms with Gasteiger partial charge in [0.05, 0.1) is 18.4 Å². The molecule has 0 aliphatic rings. The Kier molecular flexibility index (Phi) is 6.45. The van der Waals surface area contributed by atoms with E-state index in [0.717, 1.165) is 19.4 Å². The predicted octanol–water partition coefficient (Wildman–Crippen LogP) is 2.75. The molecule has 0 bridgehead atoms. The number of ether oxygens (including phenoxy) is 1. The van der Waals surface area contributed by atoms with Gasteiger partial charge in [-0.25, -0.2) is 4.79 Å². The second kappa shape index (κ2) is 8.77. The number of unbranched alkanes of at least 4 members (excludes halogenated alkanes) is 1. The van der Waals surface area contributed by atoms with E-state index in [9.17, 15) is 9.59 Å². The first-order valence-electron chi connectivity index (χ1n) is 8.10. The van der Waals surface area contributed by atoms with E-state index < -0.39 is 11.9 Å². The van der Waals surface area contributed by atoms with Gasteiger partial charge in [0.1, 0.15) is 0 Å². The minimum atomic E-state index is -0.519. The molecule has 0 aliphatic heterocycles. The van der Waals surface area contributed by atoms with Gasteiger partial charge in [-0.2, -0.15) is 0 Å². The molecule has 2 aromatic rings. The van der Waals surface area contributed by atoms with Crippen molar-refractivity contribution >= 4 is 23.4 Å². The molecule has 7 nitrogen and oxygen atoms in total. The van der Waals surface area contributed by atoms with Crippen LogP contribution in [0.4, 0.5) is 11.5 Å². The summed E-state index contributed by atoms with van der Waals surface area (Å²) >= 11 is 0. The number of hydrogen-bond acceptors (Lipinski definition) is 6. The third kappa shape index (κ3) is 4.76. The van der Waals surface area contributed by atoms with E-state index in [1.165, 1.54) is 7.11 Å². The number of carbonyl (C=O) groups excluding carboxylic acids is 2. The van der Waals surface area contributed by atoms with E-state index >= 15 is 0 Å². The fourth-order valence-corrected chi connectivity index (χ4v) is 2.23. The number of nitrogens with zero attached hydrogens (tertiary/aromatic N) is 3. The SMILES string of the molecule is CCCCN(C)c1ccc(C(=O)Nc2ccccc2C(=O)OC)nn1. The van der Waals surface area contributed by atoms with E-state index in [2.05, 4.69) is 22.4 Å². The van der Waals surface area contributed by atoms with Crippen LogP contribution in [0.1, 0.15) is 40.6 Å². The van der Waals surface area contributed by atoms with Crippen molar-refractivity contribution in [1.82, 2.24) is 10.2 Å². The number of amides is 1. The van der Waals surface area contributed by atoms with Crippen molar-refractivity contribution in [3.8, 4) is 0 Å². The summed E-state index contributed by atoms with van der Waals surface area (Å²) in [6, 6.07) is 10.00.